The van der Waals surface area contributed by atoms with Gasteiger partial charge in [-0.2, -0.15) is 0 Å². The summed E-state index contributed by atoms with van der Waals surface area (Å²) in [6.45, 7) is 0. The van der Waals surface area contributed by atoms with E-state index in [1.54, 1.807) is 0 Å². The van der Waals surface area contributed by atoms with Gasteiger partial charge in [0.2, 0.25) is 0 Å². The van der Waals surface area contributed by atoms with Crippen molar-refractivity contribution in [2.45, 2.75) is 24.4 Å². The van der Waals surface area contributed by atoms with Crippen LogP contribution >= 0.6 is 11.6 Å². The molecule has 3 unspecified atom stereocenters. The lowest BCUT2D eigenvalue weighted by Crippen LogP contribution is -2.22. The van der Waals surface area contributed by atoms with Gasteiger partial charge in [0.05, 0.1) is 0 Å². The highest BCUT2D eigenvalue weighted by Gasteiger charge is 2.35. The van der Waals surface area contributed by atoms with Gasteiger partial charge in [0.15, 0.2) is 0 Å². The van der Waals surface area contributed by atoms with E-state index in [0.717, 1.165) is 0 Å². The molecule has 2 bridgehead atoms. The quantitative estimate of drug-likeness (QED) is 0.563. The van der Waals surface area contributed by atoms with Gasteiger partial charge in [-0.1, -0.05) is 29.8 Å². The Kier molecular flexibility index (Phi) is 1.85. The summed E-state index contributed by atoms with van der Waals surface area (Å²) in [5.74, 6) is 0.578. The zero-order valence-electron chi connectivity index (χ0n) is 7.65. The van der Waals surface area contributed by atoms with Gasteiger partial charge in [0.25, 0.3) is 0 Å². The van der Waals surface area contributed by atoms with Crippen molar-refractivity contribution in [2.24, 2.45) is 0 Å². The maximum absolute atomic E-state index is 5.76. The number of halogens is 1. The van der Waals surface area contributed by atoms with Crippen molar-refractivity contribution in [2.75, 3.05) is 0 Å². The Bertz CT molecular complexity index is 371. The summed E-state index contributed by atoms with van der Waals surface area (Å²) in [6, 6.07) is 5.02. The molecule has 72 valence electrons. The van der Waals surface area contributed by atoms with E-state index in [0.29, 0.717) is 23.2 Å². The third kappa shape index (κ3) is 1.26. The largest absolute Gasteiger partial charge is 0.304 e. The molecule has 2 aliphatic heterocycles. The van der Waals surface area contributed by atoms with E-state index in [4.69, 9.17) is 11.6 Å². The number of aromatic nitrogens is 1. The van der Waals surface area contributed by atoms with Crippen molar-refractivity contribution < 1.29 is 0 Å². The van der Waals surface area contributed by atoms with E-state index in [1.807, 2.05) is 12.3 Å². The summed E-state index contributed by atoms with van der Waals surface area (Å²) in [5.41, 5.74) is 1.29. The zero-order valence-corrected chi connectivity index (χ0v) is 8.41. The number of nitrogens with zero attached hydrogens (tertiary/aromatic N) is 1. The van der Waals surface area contributed by atoms with Crippen LogP contribution in [0.3, 0.4) is 0 Å². The highest BCUT2D eigenvalue weighted by atomic mass is 35.5. The van der Waals surface area contributed by atoms with Crippen LogP contribution in [0, 0.1) is 0 Å². The lowest BCUT2D eigenvalue weighted by molar-refractivity contribution is 0.651. The van der Waals surface area contributed by atoms with Crippen LogP contribution in [0.15, 0.2) is 30.5 Å². The minimum atomic E-state index is 0.503. The fraction of sp³-hybridized carbons (Fsp3) is 0.364. The predicted molar refractivity (Wildman–Crippen MR) is 56.5 cm³/mol. The maximum atomic E-state index is 5.76. The van der Waals surface area contributed by atoms with E-state index in [1.165, 1.54) is 12.0 Å². The van der Waals surface area contributed by atoms with E-state index in [2.05, 4.69) is 28.5 Å². The van der Waals surface area contributed by atoms with Crippen LogP contribution < -0.4 is 5.32 Å². The first-order chi connectivity index (χ1) is 6.83. The third-order valence-electron chi connectivity index (χ3n) is 3.08. The summed E-state index contributed by atoms with van der Waals surface area (Å²) < 4.78 is 0. The molecular formula is C11H11ClN2. The third-order valence-corrected chi connectivity index (χ3v) is 3.30. The molecule has 0 radical (unpaired) electrons. The summed E-state index contributed by atoms with van der Waals surface area (Å²) >= 11 is 5.76. The number of hydrogen-bond donors (Lipinski definition) is 1. The van der Waals surface area contributed by atoms with E-state index < -0.39 is 0 Å². The second-order valence-corrected chi connectivity index (χ2v) is 4.33. The Balaban J connectivity index is 1.90. The average molecular weight is 207 g/mol. The number of hydrogen-bond acceptors (Lipinski definition) is 2. The van der Waals surface area contributed by atoms with Crippen LogP contribution in [0.4, 0.5) is 0 Å². The molecule has 1 fully saturated rings. The standard InChI is InChI=1S/C11H11ClN2/c12-11-4-1-7(6-13-11)9-5-8-2-3-10(9)14-8/h1-4,6,8-10,14H,5H2. The molecule has 14 heavy (non-hydrogen) atoms. The van der Waals surface area contributed by atoms with Gasteiger partial charge < -0.3 is 5.32 Å². The van der Waals surface area contributed by atoms with E-state index >= 15 is 0 Å². The Labute approximate surface area is 88.0 Å². The van der Waals surface area contributed by atoms with E-state index in [-0.39, 0.29) is 0 Å². The average Bonchev–Trinajstić information content (AvgIpc) is 2.80. The minimum Gasteiger partial charge on any atom is -0.304 e. The summed E-state index contributed by atoms with van der Waals surface area (Å²) in [4.78, 5) is 4.12. The predicted octanol–water partition coefficient (Wildman–Crippen LogP) is 2.12. The van der Waals surface area contributed by atoms with Gasteiger partial charge in [-0.05, 0) is 18.1 Å². The fourth-order valence-electron chi connectivity index (χ4n) is 2.38. The van der Waals surface area contributed by atoms with Gasteiger partial charge in [-0.3, -0.25) is 0 Å². The number of rotatable bonds is 1. The van der Waals surface area contributed by atoms with Crippen molar-refractivity contribution in [3.63, 3.8) is 0 Å². The second-order valence-electron chi connectivity index (χ2n) is 3.94. The fourth-order valence-corrected chi connectivity index (χ4v) is 2.49. The van der Waals surface area contributed by atoms with Crippen LogP contribution in [0.2, 0.25) is 5.15 Å². The molecule has 3 rings (SSSR count). The first kappa shape index (κ1) is 8.45. The number of fused-ring (bicyclic) bond motifs is 2. The number of pyridine rings is 1. The topological polar surface area (TPSA) is 24.9 Å². The molecule has 3 atom stereocenters. The summed E-state index contributed by atoms with van der Waals surface area (Å²) in [6.07, 6.45) is 7.59. The van der Waals surface area contributed by atoms with Crippen molar-refractivity contribution in [1.82, 2.24) is 10.3 Å². The molecule has 1 N–H and O–H groups in total. The summed E-state index contributed by atoms with van der Waals surface area (Å²) in [5, 5.41) is 4.09. The first-order valence-electron chi connectivity index (χ1n) is 4.89. The highest BCUT2D eigenvalue weighted by molar-refractivity contribution is 6.29. The Morgan fingerprint density at radius 2 is 2.29 bits per heavy atom. The van der Waals surface area contributed by atoms with Crippen molar-refractivity contribution >= 4 is 11.6 Å². The van der Waals surface area contributed by atoms with Gasteiger partial charge in [0, 0.05) is 24.2 Å². The van der Waals surface area contributed by atoms with Crippen molar-refractivity contribution in [3.8, 4) is 0 Å². The maximum Gasteiger partial charge on any atom is 0.129 e. The lowest BCUT2D eigenvalue weighted by atomic mass is 9.89. The monoisotopic (exact) mass is 206 g/mol. The molecular weight excluding hydrogens is 196 g/mol. The smallest absolute Gasteiger partial charge is 0.129 e. The van der Waals surface area contributed by atoms with Crippen LogP contribution in [0.25, 0.3) is 0 Å². The van der Waals surface area contributed by atoms with Crippen LogP contribution in [-0.4, -0.2) is 17.1 Å². The van der Waals surface area contributed by atoms with Crippen molar-refractivity contribution in [3.05, 3.63) is 41.2 Å². The minimum absolute atomic E-state index is 0.503. The molecule has 0 amide bonds. The molecule has 2 nitrogen and oxygen atoms in total. The normalized spacial score (nSPS) is 33.9. The molecule has 2 aliphatic rings. The van der Waals surface area contributed by atoms with Crippen molar-refractivity contribution in [1.29, 1.82) is 0 Å². The Morgan fingerprint density at radius 1 is 1.36 bits per heavy atom. The van der Waals surface area contributed by atoms with E-state index in [9.17, 15) is 0 Å². The lowest BCUT2D eigenvalue weighted by Gasteiger charge is -2.16. The first-order valence-corrected chi connectivity index (χ1v) is 5.26. The Hall–Kier alpha value is -0.860. The molecule has 3 heteroatoms. The molecule has 3 heterocycles. The molecule has 1 aromatic heterocycles. The van der Waals surface area contributed by atoms with Gasteiger partial charge in [0.1, 0.15) is 5.15 Å². The molecule has 1 aromatic rings. The molecule has 0 saturated carbocycles. The number of nitrogens with one attached hydrogen (secondary N) is 1. The molecule has 0 spiro atoms. The highest BCUT2D eigenvalue weighted by Crippen LogP contribution is 2.35. The molecule has 1 saturated heterocycles. The zero-order chi connectivity index (χ0) is 9.54. The van der Waals surface area contributed by atoms with Crippen LogP contribution in [0.1, 0.15) is 17.9 Å². The SMILES string of the molecule is Clc1ccc(C2CC3C=CC2N3)cn1. The van der Waals surface area contributed by atoms with Gasteiger partial charge in [-0.15, -0.1) is 0 Å². The molecule has 0 aromatic carbocycles. The van der Waals surface area contributed by atoms with Crippen LogP contribution in [-0.2, 0) is 0 Å². The second kappa shape index (κ2) is 3.07. The molecule has 0 aliphatic carbocycles. The Morgan fingerprint density at radius 3 is 2.86 bits per heavy atom. The van der Waals surface area contributed by atoms with Crippen LogP contribution in [0.5, 0.6) is 0 Å². The van der Waals surface area contributed by atoms with Gasteiger partial charge in [-0.25, -0.2) is 4.98 Å². The summed E-state index contributed by atoms with van der Waals surface area (Å²) in [7, 11) is 0. The van der Waals surface area contributed by atoms with Gasteiger partial charge >= 0.3 is 0 Å².